The van der Waals surface area contributed by atoms with Gasteiger partial charge in [0, 0.05) is 0 Å². The normalized spacial score (nSPS) is 19.6. The van der Waals surface area contributed by atoms with E-state index in [0.717, 1.165) is 18.4 Å². The number of nitrogens with two attached hydrogens (primary N) is 1. The molecule has 3 N–H and O–H groups in total. The maximum absolute atomic E-state index is 10.1. The third-order valence-electron chi connectivity index (χ3n) is 3.44. The molecule has 0 saturated heterocycles. The predicted octanol–water partition coefficient (Wildman–Crippen LogP) is 1.72. The second kappa shape index (κ2) is 4.65. The van der Waals surface area contributed by atoms with Crippen LogP contribution in [-0.2, 0) is 0 Å². The first kappa shape index (κ1) is 11.1. The summed E-state index contributed by atoms with van der Waals surface area (Å²) >= 11 is 0. The molecule has 1 aromatic carbocycles. The highest BCUT2D eigenvalue weighted by molar-refractivity contribution is 5.39. The summed E-state index contributed by atoms with van der Waals surface area (Å²) in [5.41, 5.74) is 7.34. The van der Waals surface area contributed by atoms with Crippen LogP contribution in [0, 0.1) is 17.2 Å². The van der Waals surface area contributed by atoms with Crippen LogP contribution < -0.4 is 5.73 Å². The van der Waals surface area contributed by atoms with E-state index in [0.29, 0.717) is 11.5 Å². The molecule has 84 valence electrons. The fourth-order valence-corrected chi connectivity index (χ4v) is 2.15. The third kappa shape index (κ3) is 1.95. The van der Waals surface area contributed by atoms with E-state index >= 15 is 0 Å². The number of aliphatic hydroxyl groups is 1. The van der Waals surface area contributed by atoms with Crippen molar-refractivity contribution in [3.8, 4) is 6.07 Å². The molecule has 1 aliphatic carbocycles. The van der Waals surface area contributed by atoms with Crippen molar-refractivity contribution in [2.75, 3.05) is 0 Å². The summed E-state index contributed by atoms with van der Waals surface area (Å²) in [6, 6.07) is 8.90. The first-order valence-electron chi connectivity index (χ1n) is 5.66. The molecule has 0 bridgehead atoms. The smallest absolute Gasteiger partial charge is 0.0995 e. The Hall–Kier alpha value is -1.37. The van der Waals surface area contributed by atoms with Gasteiger partial charge in [-0.2, -0.15) is 5.26 Å². The van der Waals surface area contributed by atoms with Gasteiger partial charge in [-0.3, -0.25) is 0 Å². The van der Waals surface area contributed by atoms with Crippen LogP contribution in [0.5, 0.6) is 0 Å². The molecule has 0 spiro atoms. The van der Waals surface area contributed by atoms with Crippen LogP contribution in [0.25, 0.3) is 0 Å². The van der Waals surface area contributed by atoms with Gasteiger partial charge >= 0.3 is 0 Å². The van der Waals surface area contributed by atoms with Gasteiger partial charge in [0.25, 0.3) is 0 Å². The maximum atomic E-state index is 10.1. The number of hydrogen-bond donors (Lipinski definition) is 2. The molecular weight excluding hydrogens is 200 g/mol. The second-order valence-corrected chi connectivity index (χ2v) is 4.41. The van der Waals surface area contributed by atoms with E-state index in [-0.39, 0.29) is 0 Å². The van der Waals surface area contributed by atoms with E-state index in [4.69, 9.17) is 11.0 Å². The van der Waals surface area contributed by atoms with Crippen molar-refractivity contribution in [1.82, 2.24) is 0 Å². The molecule has 1 aromatic rings. The Labute approximate surface area is 95.5 Å². The van der Waals surface area contributed by atoms with Gasteiger partial charge in [0.05, 0.1) is 23.8 Å². The van der Waals surface area contributed by atoms with Crippen molar-refractivity contribution < 1.29 is 5.11 Å². The average Bonchev–Trinajstić information content (AvgIpc) is 2.25. The van der Waals surface area contributed by atoms with E-state index in [9.17, 15) is 5.11 Å². The predicted molar refractivity (Wildman–Crippen MR) is 61.4 cm³/mol. The Morgan fingerprint density at radius 2 is 2.06 bits per heavy atom. The van der Waals surface area contributed by atoms with Crippen LogP contribution in [0.1, 0.15) is 36.4 Å². The van der Waals surface area contributed by atoms with Crippen molar-refractivity contribution in [2.24, 2.45) is 11.7 Å². The molecule has 2 rings (SSSR count). The van der Waals surface area contributed by atoms with Crippen LogP contribution in [-0.4, -0.2) is 11.2 Å². The molecule has 0 amide bonds. The zero-order valence-electron chi connectivity index (χ0n) is 9.13. The Balaban J connectivity index is 2.19. The van der Waals surface area contributed by atoms with Crippen molar-refractivity contribution in [1.29, 1.82) is 5.26 Å². The number of hydrogen-bond acceptors (Lipinski definition) is 3. The first-order chi connectivity index (χ1) is 7.74. The van der Waals surface area contributed by atoms with E-state index in [1.54, 1.807) is 6.07 Å². The monoisotopic (exact) mass is 216 g/mol. The number of rotatable bonds is 3. The van der Waals surface area contributed by atoms with Crippen LogP contribution in [0.4, 0.5) is 0 Å². The summed E-state index contributed by atoms with van der Waals surface area (Å²) in [7, 11) is 0. The fraction of sp³-hybridized carbons (Fsp3) is 0.462. The van der Waals surface area contributed by atoms with E-state index < -0.39 is 12.1 Å². The summed E-state index contributed by atoms with van der Waals surface area (Å²) in [6.45, 7) is 0. The number of nitriles is 1. The van der Waals surface area contributed by atoms with Gasteiger partial charge in [-0.25, -0.2) is 0 Å². The van der Waals surface area contributed by atoms with Crippen LogP contribution in [0.15, 0.2) is 24.3 Å². The molecule has 16 heavy (non-hydrogen) atoms. The van der Waals surface area contributed by atoms with E-state index in [1.807, 2.05) is 18.2 Å². The van der Waals surface area contributed by atoms with Gasteiger partial charge in [0.2, 0.25) is 0 Å². The lowest BCUT2D eigenvalue weighted by Gasteiger charge is -2.34. The molecule has 0 heterocycles. The second-order valence-electron chi connectivity index (χ2n) is 4.41. The zero-order valence-corrected chi connectivity index (χ0v) is 9.13. The topological polar surface area (TPSA) is 70.0 Å². The molecule has 1 fully saturated rings. The summed E-state index contributed by atoms with van der Waals surface area (Å²) in [5.74, 6) is 0.307. The van der Waals surface area contributed by atoms with E-state index in [1.165, 1.54) is 6.42 Å². The SMILES string of the molecule is N#Cc1ccccc1[C@@H](N)[C@@H](O)C1CCC1. The Kier molecular flexibility index (Phi) is 3.23. The van der Waals surface area contributed by atoms with Crippen LogP contribution >= 0.6 is 0 Å². The molecule has 0 unspecified atom stereocenters. The Morgan fingerprint density at radius 1 is 1.38 bits per heavy atom. The lowest BCUT2D eigenvalue weighted by atomic mass is 9.77. The molecule has 1 aliphatic rings. The molecule has 0 radical (unpaired) electrons. The van der Waals surface area contributed by atoms with Gasteiger partial charge in [0.1, 0.15) is 0 Å². The lowest BCUT2D eigenvalue weighted by Crippen LogP contribution is -2.36. The van der Waals surface area contributed by atoms with Crippen molar-refractivity contribution >= 4 is 0 Å². The standard InChI is InChI=1S/C13H16N2O/c14-8-10-4-1-2-7-11(10)12(15)13(16)9-5-3-6-9/h1-2,4,7,9,12-13,16H,3,5-6,15H2/t12-,13+/m1/s1. The van der Waals surface area contributed by atoms with Gasteiger partial charge in [-0.15, -0.1) is 0 Å². The number of benzene rings is 1. The summed E-state index contributed by atoms with van der Waals surface area (Å²) in [6.07, 6.45) is 2.74. The minimum Gasteiger partial charge on any atom is -0.391 e. The van der Waals surface area contributed by atoms with Crippen molar-refractivity contribution in [3.63, 3.8) is 0 Å². The largest absolute Gasteiger partial charge is 0.391 e. The fourth-order valence-electron chi connectivity index (χ4n) is 2.15. The molecule has 3 heteroatoms. The highest BCUT2D eigenvalue weighted by atomic mass is 16.3. The number of nitrogens with zero attached hydrogens (tertiary/aromatic N) is 1. The average molecular weight is 216 g/mol. The Bertz CT molecular complexity index is 407. The van der Waals surface area contributed by atoms with Crippen molar-refractivity contribution in [2.45, 2.75) is 31.4 Å². The van der Waals surface area contributed by atoms with Crippen molar-refractivity contribution in [3.05, 3.63) is 35.4 Å². The molecule has 2 atom stereocenters. The minimum absolute atomic E-state index is 0.307. The first-order valence-corrected chi connectivity index (χ1v) is 5.66. The van der Waals surface area contributed by atoms with E-state index in [2.05, 4.69) is 6.07 Å². The zero-order chi connectivity index (χ0) is 11.5. The van der Waals surface area contributed by atoms with Crippen LogP contribution in [0.2, 0.25) is 0 Å². The third-order valence-corrected chi connectivity index (χ3v) is 3.44. The highest BCUT2D eigenvalue weighted by Gasteiger charge is 2.31. The molecule has 0 aliphatic heterocycles. The molecule has 0 aromatic heterocycles. The lowest BCUT2D eigenvalue weighted by molar-refractivity contribution is 0.0413. The summed E-state index contributed by atoms with van der Waals surface area (Å²) in [4.78, 5) is 0. The summed E-state index contributed by atoms with van der Waals surface area (Å²) in [5, 5.41) is 19.0. The van der Waals surface area contributed by atoms with Gasteiger partial charge in [-0.05, 0) is 30.4 Å². The summed E-state index contributed by atoms with van der Waals surface area (Å²) < 4.78 is 0. The molecule has 3 nitrogen and oxygen atoms in total. The quantitative estimate of drug-likeness (QED) is 0.808. The maximum Gasteiger partial charge on any atom is 0.0995 e. The number of aliphatic hydroxyl groups excluding tert-OH is 1. The minimum atomic E-state index is -0.525. The van der Waals surface area contributed by atoms with Gasteiger partial charge < -0.3 is 10.8 Å². The highest BCUT2D eigenvalue weighted by Crippen LogP contribution is 2.34. The Morgan fingerprint density at radius 3 is 2.62 bits per heavy atom. The van der Waals surface area contributed by atoms with Crippen LogP contribution in [0.3, 0.4) is 0 Å². The molecule has 1 saturated carbocycles. The van der Waals surface area contributed by atoms with Gasteiger partial charge in [-0.1, -0.05) is 24.6 Å². The van der Waals surface area contributed by atoms with Gasteiger partial charge in [0.15, 0.2) is 0 Å². The molecular formula is C13H16N2O.